The highest BCUT2D eigenvalue weighted by molar-refractivity contribution is 6.37. The lowest BCUT2D eigenvalue weighted by atomic mass is 10.2. The zero-order valence-electron chi connectivity index (χ0n) is 12.4. The zero-order valence-corrected chi connectivity index (χ0v) is 13.2. The number of nitrogens with zero attached hydrogens (tertiary/aromatic N) is 4. The maximum atomic E-state index is 12.4. The number of nitrogens with one attached hydrogen (secondary N) is 1. The monoisotopic (exact) mass is 337 g/mol. The van der Waals surface area contributed by atoms with Crippen LogP contribution in [-0.4, -0.2) is 25.3 Å². The minimum Gasteiger partial charge on any atom is -0.321 e. The molecule has 4 rings (SSSR count). The van der Waals surface area contributed by atoms with Gasteiger partial charge in [0.05, 0.1) is 16.2 Å². The van der Waals surface area contributed by atoms with E-state index in [1.54, 1.807) is 33.7 Å². The molecule has 1 N–H and O–H groups in total. The number of anilines is 1. The number of carbonyl (C=O) groups is 1. The van der Waals surface area contributed by atoms with Crippen molar-refractivity contribution < 1.29 is 4.79 Å². The lowest BCUT2D eigenvalue weighted by Crippen LogP contribution is -2.13. The van der Waals surface area contributed by atoms with Crippen molar-refractivity contribution >= 4 is 28.7 Å². The number of hydrogen-bond donors (Lipinski definition) is 1. The topological polar surface area (TPSA) is 64.2 Å². The average Bonchev–Trinajstić information content (AvgIpc) is 3.24. The van der Waals surface area contributed by atoms with E-state index >= 15 is 0 Å². The summed E-state index contributed by atoms with van der Waals surface area (Å²) in [5.74, 6) is -0.351. The fraction of sp³-hybridized carbons (Fsp3) is 0. The molecule has 0 spiro atoms. The number of benzene rings is 1. The molecule has 0 atom stereocenters. The molecule has 0 saturated carbocycles. The summed E-state index contributed by atoms with van der Waals surface area (Å²) >= 11 is 6.26. The van der Waals surface area contributed by atoms with Crippen LogP contribution in [0.15, 0.2) is 67.1 Å². The van der Waals surface area contributed by atoms with Crippen molar-refractivity contribution in [1.82, 2.24) is 19.4 Å². The van der Waals surface area contributed by atoms with E-state index in [1.807, 2.05) is 42.6 Å². The van der Waals surface area contributed by atoms with Crippen molar-refractivity contribution in [3.8, 4) is 5.69 Å². The van der Waals surface area contributed by atoms with Crippen LogP contribution in [0.3, 0.4) is 0 Å². The van der Waals surface area contributed by atoms with Crippen molar-refractivity contribution in [3.05, 3.63) is 77.8 Å². The second-order valence-electron chi connectivity index (χ2n) is 5.14. The van der Waals surface area contributed by atoms with Crippen LogP contribution in [0, 0.1) is 0 Å². The van der Waals surface area contributed by atoms with Gasteiger partial charge in [0.1, 0.15) is 0 Å². The highest BCUT2D eigenvalue weighted by Gasteiger charge is 2.17. The fourth-order valence-electron chi connectivity index (χ4n) is 2.42. The Bertz CT molecular complexity index is 1010. The summed E-state index contributed by atoms with van der Waals surface area (Å²) in [4.78, 5) is 12.4. The van der Waals surface area contributed by atoms with Gasteiger partial charge in [-0.15, -0.1) is 0 Å². The second-order valence-corrected chi connectivity index (χ2v) is 5.52. The molecular formula is C17H12ClN5O. The number of hydrogen-bond acceptors (Lipinski definition) is 3. The van der Waals surface area contributed by atoms with Gasteiger partial charge in [0.25, 0.3) is 5.91 Å². The lowest BCUT2D eigenvalue weighted by molar-refractivity contribution is 0.102. The van der Waals surface area contributed by atoms with Gasteiger partial charge < -0.3 is 5.32 Å². The molecular weight excluding hydrogens is 326 g/mol. The van der Waals surface area contributed by atoms with E-state index in [4.69, 9.17) is 11.6 Å². The minimum absolute atomic E-state index is 0.194. The molecule has 1 amide bonds. The average molecular weight is 338 g/mol. The van der Waals surface area contributed by atoms with Crippen molar-refractivity contribution in [1.29, 1.82) is 0 Å². The molecule has 4 aromatic rings. The maximum absolute atomic E-state index is 12.4. The third kappa shape index (κ3) is 2.53. The van der Waals surface area contributed by atoms with Gasteiger partial charge in [0.15, 0.2) is 5.69 Å². The van der Waals surface area contributed by atoms with Crippen molar-refractivity contribution in [2.75, 3.05) is 5.32 Å². The van der Waals surface area contributed by atoms with E-state index < -0.39 is 0 Å². The largest absolute Gasteiger partial charge is 0.321 e. The Hall–Kier alpha value is -3.12. The van der Waals surface area contributed by atoms with Crippen LogP contribution in [-0.2, 0) is 0 Å². The highest BCUT2D eigenvalue weighted by Crippen LogP contribution is 2.22. The Morgan fingerprint density at radius 2 is 1.88 bits per heavy atom. The molecule has 6 nitrogen and oxygen atoms in total. The molecule has 3 heterocycles. The molecule has 1 aromatic carbocycles. The Labute approximate surface area is 142 Å². The van der Waals surface area contributed by atoms with Gasteiger partial charge in [-0.25, -0.2) is 9.20 Å². The maximum Gasteiger partial charge on any atom is 0.277 e. The normalized spacial score (nSPS) is 10.9. The van der Waals surface area contributed by atoms with Crippen LogP contribution >= 0.6 is 11.6 Å². The first-order valence-electron chi connectivity index (χ1n) is 7.27. The van der Waals surface area contributed by atoms with Gasteiger partial charge in [-0.2, -0.15) is 10.2 Å². The van der Waals surface area contributed by atoms with E-state index in [2.05, 4.69) is 15.5 Å². The van der Waals surface area contributed by atoms with Crippen LogP contribution < -0.4 is 5.32 Å². The number of aromatic nitrogens is 4. The summed E-state index contributed by atoms with van der Waals surface area (Å²) in [6.07, 6.45) is 5.31. The SMILES string of the molecule is O=C(Nc1ccc(-n2cccn2)cc1)c1nn2ccccc2c1Cl. The Morgan fingerprint density at radius 3 is 2.58 bits per heavy atom. The molecule has 118 valence electrons. The number of fused-ring (bicyclic) bond motifs is 1. The number of rotatable bonds is 3. The summed E-state index contributed by atoms with van der Waals surface area (Å²) < 4.78 is 3.32. The molecule has 0 aliphatic heterocycles. The van der Waals surface area contributed by atoms with Crippen molar-refractivity contribution in [3.63, 3.8) is 0 Å². The predicted octanol–water partition coefficient (Wildman–Crippen LogP) is 3.43. The molecule has 0 radical (unpaired) electrons. The van der Waals surface area contributed by atoms with E-state index in [0.29, 0.717) is 16.2 Å². The first-order chi connectivity index (χ1) is 11.7. The summed E-state index contributed by atoms with van der Waals surface area (Å²) in [5.41, 5.74) is 2.45. The van der Waals surface area contributed by atoms with Crippen molar-refractivity contribution in [2.24, 2.45) is 0 Å². The van der Waals surface area contributed by atoms with Crippen LogP contribution in [0.2, 0.25) is 5.02 Å². The van der Waals surface area contributed by atoms with Gasteiger partial charge >= 0.3 is 0 Å². The Morgan fingerprint density at radius 1 is 1.04 bits per heavy atom. The fourth-order valence-corrected chi connectivity index (χ4v) is 2.70. The van der Waals surface area contributed by atoms with Gasteiger partial charge in [-0.1, -0.05) is 17.7 Å². The number of carbonyl (C=O) groups excluding carboxylic acids is 1. The van der Waals surface area contributed by atoms with E-state index in [1.165, 1.54) is 0 Å². The standard InChI is InChI=1S/C17H12ClN5O/c18-15-14-4-1-2-10-23(14)21-16(15)17(24)20-12-5-7-13(8-6-12)22-11-3-9-19-22/h1-11H,(H,20,24). The number of pyridine rings is 1. The zero-order chi connectivity index (χ0) is 16.5. The van der Waals surface area contributed by atoms with E-state index in [0.717, 1.165) is 5.69 Å². The third-order valence-electron chi connectivity index (χ3n) is 3.59. The van der Waals surface area contributed by atoms with Crippen LogP contribution in [0.25, 0.3) is 11.2 Å². The Kier molecular flexibility index (Phi) is 3.51. The molecule has 0 fully saturated rings. The smallest absolute Gasteiger partial charge is 0.277 e. The Balaban J connectivity index is 1.58. The van der Waals surface area contributed by atoms with Gasteiger partial charge in [0.2, 0.25) is 0 Å². The third-order valence-corrected chi connectivity index (χ3v) is 3.96. The number of halogens is 1. The summed E-state index contributed by atoms with van der Waals surface area (Å²) in [5, 5.41) is 11.5. The van der Waals surface area contributed by atoms with Crippen LogP contribution in [0.1, 0.15) is 10.5 Å². The molecule has 3 aromatic heterocycles. The molecule has 0 unspecified atom stereocenters. The molecule has 0 saturated heterocycles. The van der Waals surface area contributed by atoms with E-state index in [9.17, 15) is 4.79 Å². The van der Waals surface area contributed by atoms with Crippen molar-refractivity contribution in [2.45, 2.75) is 0 Å². The number of amides is 1. The second kappa shape index (κ2) is 5.82. The molecule has 24 heavy (non-hydrogen) atoms. The minimum atomic E-state index is -0.351. The summed E-state index contributed by atoms with van der Waals surface area (Å²) in [6.45, 7) is 0. The molecule has 0 bridgehead atoms. The predicted molar refractivity (Wildman–Crippen MR) is 91.7 cm³/mol. The first-order valence-corrected chi connectivity index (χ1v) is 7.64. The van der Waals surface area contributed by atoms with Gasteiger partial charge in [-0.3, -0.25) is 4.79 Å². The highest BCUT2D eigenvalue weighted by atomic mass is 35.5. The summed E-state index contributed by atoms with van der Waals surface area (Å²) in [6, 6.07) is 14.7. The summed E-state index contributed by atoms with van der Waals surface area (Å²) in [7, 11) is 0. The van der Waals surface area contributed by atoms with Gasteiger partial charge in [0, 0.05) is 24.3 Å². The van der Waals surface area contributed by atoms with Crippen LogP contribution in [0.4, 0.5) is 5.69 Å². The van der Waals surface area contributed by atoms with E-state index in [-0.39, 0.29) is 11.6 Å². The molecule has 0 aliphatic rings. The quantitative estimate of drug-likeness (QED) is 0.623. The molecule has 0 aliphatic carbocycles. The molecule has 7 heteroatoms. The van der Waals surface area contributed by atoms with Gasteiger partial charge in [-0.05, 0) is 42.5 Å². The van der Waals surface area contributed by atoms with Crippen LogP contribution in [0.5, 0.6) is 0 Å². The first kappa shape index (κ1) is 14.5. The lowest BCUT2D eigenvalue weighted by Gasteiger charge is -2.05.